The number of hydrogen-bond donors (Lipinski definition) is 4. The molecular formula is C51H65N5O7. The van der Waals surface area contributed by atoms with Crippen LogP contribution in [0.5, 0.6) is 11.5 Å². The highest BCUT2D eigenvalue weighted by Crippen LogP contribution is 2.42. The number of ketones is 3. The highest BCUT2D eigenvalue weighted by molar-refractivity contribution is 6.01. The molecule has 0 unspecified atom stereocenters. The van der Waals surface area contributed by atoms with Gasteiger partial charge in [-0.05, 0) is 105 Å². The number of hydrogen-bond acceptors (Lipinski definition) is 10. The molecule has 0 spiro atoms. The lowest BCUT2D eigenvalue weighted by Gasteiger charge is -2.41. The molecule has 7 N–H and O–H groups in total. The maximum absolute atomic E-state index is 15.0. The summed E-state index contributed by atoms with van der Waals surface area (Å²) in [5.41, 5.74) is 22.2. The van der Waals surface area contributed by atoms with Crippen molar-refractivity contribution in [1.82, 2.24) is 10.2 Å². The van der Waals surface area contributed by atoms with Crippen LogP contribution in [0.2, 0.25) is 0 Å². The molecule has 12 nitrogen and oxygen atoms in total. The molecule has 336 valence electrons. The highest BCUT2D eigenvalue weighted by Gasteiger charge is 2.45. The average molecular weight is 860 g/mol. The molecule has 63 heavy (non-hydrogen) atoms. The first-order valence-corrected chi connectivity index (χ1v) is 22.2. The largest absolute Gasteiger partial charge is 0.492 e. The van der Waals surface area contributed by atoms with Gasteiger partial charge < -0.3 is 36.9 Å². The van der Waals surface area contributed by atoms with Gasteiger partial charge in [-0.25, -0.2) is 0 Å². The molecule has 4 atom stereocenters. The lowest BCUT2D eigenvalue weighted by atomic mass is 9.79. The normalized spacial score (nSPS) is 18.2. The summed E-state index contributed by atoms with van der Waals surface area (Å²) in [5.74, 6) is -2.47. The molecule has 0 aromatic heterocycles. The SMILES string of the molecule is CCCCc1ccc(-c2ccc(C(=O)C[C@@H](CCCN)C(=O)N(C)[C@]3(C)C(=O)C[C@@H](C)C(=O)N[C@H](C(C)=O)Cc4ccc(OCCN)c(c4)-c4cc3ccc4OCCN)cc2)cc1. The first-order chi connectivity index (χ1) is 30.2. The van der Waals surface area contributed by atoms with Crippen molar-refractivity contribution in [3.05, 3.63) is 107 Å². The van der Waals surface area contributed by atoms with Crippen molar-refractivity contribution >= 4 is 29.2 Å². The van der Waals surface area contributed by atoms with Crippen molar-refractivity contribution in [3.63, 3.8) is 0 Å². The van der Waals surface area contributed by atoms with Crippen LogP contribution in [0, 0.1) is 11.8 Å². The fraction of sp³-hybridized carbons (Fsp3) is 0.431. The third-order valence-electron chi connectivity index (χ3n) is 12.2. The van der Waals surface area contributed by atoms with Gasteiger partial charge in [0.1, 0.15) is 30.3 Å². The van der Waals surface area contributed by atoms with E-state index in [1.807, 2.05) is 24.3 Å². The Morgan fingerprint density at radius 2 is 1.41 bits per heavy atom. The molecule has 0 radical (unpaired) electrons. The minimum Gasteiger partial charge on any atom is -0.492 e. The van der Waals surface area contributed by atoms with Crippen molar-refractivity contribution < 1.29 is 33.4 Å². The number of nitrogens with zero attached hydrogens (tertiary/aromatic N) is 1. The van der Waals surface area contributed by atoms with E-state index in [1.54, 1.807) is 57.3 Å². The van der Waals surface area contributed by atoms with Crippen LogP contribution >= 0.6 is 0 Å². The summed E-state index contributed by atoms with van der Waals surface area (Å²) < 4.78 is 12.3. The molecule has 2 amide bonds. The lowest BCUT2D eigenvalue weighted by molar-refractivity contribution is -0.148. The summed E-state index contributed by atoms with van der Waals surface area (Å²) in [6.07, 6.45) is 3.94. The number of aryl methyl sites for hydroxylation is 1. The van der Waals surface area contributed by atoms with Crippen molar-refractivity contribution in [3.8, 4) is 33.8 Å². The number of carbonyl (C=O) groups excluding carboxylic acids is 5. The number of rotatable bonds is 19. The minimum atomic E-state index is -1.65. The third kappa shape index (κ3) is 11.9. The molecule has 1 aliphatic rings. The Morgan fingerprint density at radius 1 is 0.810 bits per heavy atom. The van der Waals surface area contributed by atoms with E-state index in [9.17, 15) is 24.0 Å². The fourth-order valence-corrected chi connectivity index (χ4v) is 8.11. The molecular weight excluding hydrogens is 795 g/mol. The Kier molecular flexibility index (Phi) is 17.3. The summed E-state index contributed by atoms with van der Waals surface area (Å²) in [5, 5.41) is 2.87. The van der Waals surface area contributed by atoms with Gasteiger partial charge in [-0.3, -0.25) is 24.0 Å². The molecule has 5 rings (SSSR count). The second-order valence-electron chi connectivity index (χ2n) is 16.8. The van der Waals surface area contributed by atoms with Gasteiger partial charge in [0, 0.05) is 61.5 Å². The third-order valence-corrected chi connectivity index (χ3v) is 12.2. The highest BCUT2D eigenvalue weighted by atomic mass is 16.5. The van der Waals surface area contributed by atoms with E-state index in [1.165, 1.54) is 17.4 Å². The van der Waals surface area contributed by atoms with Crippen LogP contribution in [0.15, 0.2) is 84.9 Å². The Balaban J connectivity index is 1.56. The molecule has 4 aromatic rings. The fourth-order valence-electron chi connectivity index (χ4n) is 8.11. The number of unbranched alkanes of at least 4 members (excludes halogenated alkanes) is 1. The van der Waals surface area contributed by atoms with Crippen molar-refractivity contribution in [2.75, 3.05) is 39.9 Å². The maximum Gasteiger partial charge on any atom is 0.226 e. The molecule has 0 fully saturated rings. The lowest BCUT2D eigenvalue weighted by Crippen LogP contribution is -2.53. The van der Waals surface area contributed by atoms with E-state index in [4.69, 9.17) is 26.7 Å². The molecule has 12 heteroatoms. The van der Waals surface area contributed by atoms with Gasteiger partial charge in [0.15, 0.2) is 17.3 Å². The standard InChI is InChI=1S/C51H65N5O7/c1-6-7-9-35-11-14-37(15-12-35)38-16-18-39(19-17-38)45(58)31-40(10-8-23-52)50(61)56(5)51(4)41-20-22-47(63-27-25-54)43(32-41)42-29-36(13-21-46(42)62-26-24-53)30-44(34(3)57)55-49(60)33(2)28-48(51)59/h11-22,29,32-33,40,44H,6-10,23-28,30-31,52-54H2,1-5H3,(H,55,60)/t33-,40-,44+,51+/m1/s1. The summed E-state index contributed by atoms with van der Waals surface area (Å²) >= 11 is 0. The van der Waals surface area contributed by atoms with Crippen LogP contribution in [-0.4, -0.2) is 80.0 Å². The van der Waals surface area contributed by atoms with Crippen molar-refractivity contribution in [1.29, 1.82) is 0 Å². The van der Waals surface area contributed by atoms with Gasteiger partial charge in [-0.15, -0.1) is 0 Å². The summed E-state index contributed by atoms with van der Waals surface area (Å²) in [7, 11) is 1.57. The van der Waals surface area contributed by atoms with E-state index in [-0.39, 0.29) is 57.1 Å². The number of amides is 2. The summed E-state index contributed by atoms with van der Waals surface area (Å²) in [6.45, 7) is 8.09. The number of carbonyl (C=O) groups is 5. The van der Waals surface area contributed by atoms with Crippen LogP contribution in [0.4, 0.5) is 0 Å². The van der Waals surface area contributed by atoms with E-state index in [2.05, 4.69) is 36.5 Å². The molecule has 0 saturated heterocycles. The Bertz CT molecular complexity index is 2220. The number of Topliss-reactive ketones (excluding diaryl/α,β-unsaturated/α-hetero) is 3. The van der Waals surface area contributed by atoms with Gasteiger partial charge in [-0.1, -0.05) is 80.9 Å². The predicted molar refractivity (Wildman–Crippen MR) is 247 cm³/mol. The molecule has 0 saturated carbocycles. The second-order valence-corrected chi connectivity index (χ2v) is 16.8. The van der Waals surface area contributed by atoms with Gasteiger partial charge in [0.25, 0.3) is 0 Å². The van der Waals surface area contributed by atoms with Gasteiger partial charge in [0.2, 0.25) is 11.8 Å². The zero-order valence-electron chi connectivity index (χ0n) is 37.5. The van der Waals surface area contributed by atoms with E-state index in [0.29, 0.717) is 53.1 Å². The number of ether oxygens (including phenoxy) is 2. The van der Waals surface area contributed by atoms with Crippen molar-refractivity contribution in [2.45, 2.75) is 90.6 Å². The van der Waals surface area contributed by atoms with Gasteiger partial charge >= 0.3 is 0 Å². The van der Waals surface area contributed by atoms with Crippen LogP contribution in [0.3, 0.4) is 0 Å². The Hall–Kier alpha value is -5.69. The van der Waals surface area contributed by atoms with E-state index in [0.717, 1.165) is 36.0 Å². The summed E-state index contributed by atoms with van der Waals surface area (Å²) in [4.78, 5) is 72.0. The van der Waals surface area contributed by atoms with Crippen molar-refractivity contribution in [2.24, 2.45) is 29.0 Å². The zero-order valence-corrected chi connectivity index (χ0v) is 37.5. The number of benzene rings is 4. The summed E-state index contributed by atoms with van der Waals surface area (Å²) in [6, 6.07) is 25.8. The molecule has 1 heterocycles. The van der Waals surface area contributed by atoms with Crippen LogP contribution < -0.4 is 32.0 Å². The minimum absolute atomic E-state index is 0.101. The molecule has 0 aliphatic carbocycles. The maximum atomic E-state index is 15.0. The number of nitrogens with two attached hydrogens (primary N) is 3. The Labute approximate surface area is 372 Å². The zero-order chi connectivity index (χ0) is 45.7. The van der Waals surface area contributed by atoms with Crippen LogP contribution in [0.25, 0.3) is 22.3 Å². The van der Waals surface area contributed by atoms with E-state index < -0.39 is 41.0 Å². The van der Waals surface area contributed by atoms with Gasteiger partial charge in [-0.2, -0.15) is 0 Å². The molecule has 1 aliphatic heterocycles. The smallest absolute Gasteiger partial charge is 0.226 e. The van der Waals surface area contributed by atoms with Gasteiger partial charge in [0.05, 0.1) is 6.04 Å². The first-order valence-electron chi connectivity index (χ1n) is 22.2. The second kappa shape index (κ2) is 22.6. The average Bonchev–Trinajstić information content (AvgIpc) is 3.29. The monoisotopic (exact) mass is 859 g/mol. The first kappa shape index (κ1) is 48.3. The number of likely N-dealkylation sites (N-methyl/N-ethyl adjacent to an activating group) is 1. The Morgan fingerprint density at radius 3 is 2.00 bits per heavy atom. The van der Waals surface area contributed by atoms with Crippen LogP contribution in [0.1, 0.15) is 93.3 Å². The molecule has 4 aromatic carbocycles. The number of fused-ring (bicyclic) bond motifs is 5. The predicted octanol–water partition coefficient (Wildman–Crippen LogP) is 6.57. The number of nitrogens with one attached hydrogen (secondary N) is 1. The quantitative estimate of drug-likeness (QED) is 0.0749. The molecule has 4 bridgehead atoms. The van der Waals surface area contributed by atoms with Crippen LogP contribution in [-0.2, 0) is 37.6 Å². The topological polar surface area (TPSA) is 197 Å². The van der Waals surface area contributed by atoms with E-state index >= 15 is 0 Å².